The van der Waals surface area contributed by atoms with Crippen LogP contribution in [-0.4, -0.2) is 0 Å². The number of para-hydroxylation sites is 1. The molecule has 47 heavy (non-hydrogen) atoms. The zero-order chi connectivity index (χ0) is 31.4. The summed E-state index contributed by atoms with van der Waals surface area (Å²) in [7, 11) is -3.32. The minimum atomic E-state index is -3.32. The molecule has 224 valence electrons. The van der Waals surface area contributed by atoms with Crippen molar-refractivity contribution in [2.45, 2.75) is 5.41 Å². The second kappa shape index (κ2) is 10.7. The summed E-state index contributed by atoms with van der Waals surface area (Å²) in [4.78, 5) is 0. The maximum absolute atomic E-state index is 15.4. The lowest BCUT2D eigenvalue weighted by molar-refractivity contribution is 0.361. The van der Waals surface area contributed by atoms with E-state index in [1.807, 2.05) is 78.9 Å². The SMILES string of the molecule is O=P(c1ccccc1)(c1ccccc1)c1cccc2c1Oc1cc3c(cc1O2)C(c1ccccc1)(c1ccccc1)c1ccccc1-3. The van der Waals surface area contributed by atoms with Gasteiger partial charge in [-0.2, -0.15) is 0 Å². The second-order valence-electron chi connectivity index (χ2n) is 12.0. The van der Waals surface area contributed by atoms with E-state index in [-0.39, 0.29) is 0 Å². The van der Waals surface area contributed by atoms with E-state index in [9.17, 15) is 0 Å². The summed E-state index contributed by atoms with van der Waals surface area (Å²) < 4.78 is 29.0. The summed E-state index contributed by atoms with van der Waals surface area (Å²) in [5.74, 6) is 2.26. The normalized spacial score (nSPS) is 13.7. The number of rotatable bonds is 5. The van der Waals surface area contributed by atoms with Gasteiger partial charge in [0.25, 0.3) is 0 Å². The molecule has 0 aromatic heterocycles. The van der Waals surface area contributed by atoms with Crippen LogP contribution in [0.5, 0.6) is 23.0 Å². The molecular formula is C43H29O3P. The average molecular weight is 625 g/mol. The summed E-state index contributed by atoms with van der Waals surface area (Å²) in [6, 6.07) is 59.3. The van der Waals surface area contributed by atoms with Gasteiger partial charge in [-0.25, -0.2) is 0 Å². The van der Waals surface area contributed by atoms with Crippen LogP contribution in [0.15, 0.2) is 176 Å². The molecule has 7 aromatic carbocycles. The maximum atomic E-state index is 15.4. The van der Waals surface area contributed by atoms with E-state index in [1.54, 1.807) is 0 Å². The molecular weight excluding hydrogens is 595 g/mol. The van der Waals surface area contributed by atoms with Crippen LogP contribution in [0.1, 0.15) is 22.3 Å². The first kappa shape index (κ1) is 27.7. The highest BCUT2D eigenvalue weighted by molar-refractivity contribution is 7.85. The van der Waals surface area contributed by atoms with Crippen molar-refractivity contribution in [2.75, 3.05) is 0 Å². The Labute approximate surface area is 274 Å². The highest BCUT2D eigenvalue weighted by Crippen LogP contribution is 2.60. The van der Waals surface area contributed by atoms with E-state index in [0.717, 1.165) is 27.3 Å². The first-order valence-electron chi connectivity index (χ1n) is 15.8. The average Bonchev–Trinajstić information content (AvgIpc) is 3.43. The van der Waals surface area contributed by atoms with Crippen molar-refractivity contribution in [3.05, 3.63) is 198 Å². The zero-order valence-electron chi connectivity index (χ0n) is 25.4. The monoisotopic (exact) mass is 624 g/mol. The van der Waals surface area contributed by atoms with Crippen LogP contribution in [0, 0.1) is 0 Å². The fourth-order valence-electron chi connectivity index (χ4n) is 7.47. The van der Waals surface area contributed by atoms with Gasteiger partial charge in [0.15, 0.2) is 30.1 Å². The number of hydrogen-bond donors (Lipinski definition) is 0. The number of benzene rings is 7. The molecule has 3 nitrogen and oxygen atoms in total. The first-order chi connectivity index (χ1) is 23.2. The third-order valence-electron chi connectivity index (χ3n) is 9.49. The van der Waals surface area contributed by atoms with Crippen LogP contribution in [0.2, 0.25) is 0 Å². The Morgan fingerprint density at radius 2 is 0.957 bits per heavy atom. The molecule has 0 saturated heterocycles. The molecule has 0 amide bonds. The predicted molar refractivity (Wildman–Crippen MR) is 190 cm³/mol. The van der Waals surface area contributed by atoms with Crippen molar-refractivity contribution in [3.63, 3.8) is 0 Å². The van der Waals surface area contributed by atoms with Crippen LogP contribution < -0.4 is 25.4 Å². The fraction of sp³-hybridized carbons (Fsp3) is 0.0233. The highest BCUT2D eigenvalue weighted by atomic mass is 31.2. The van der Waals surface area contributed by atoms with Crippen molar-refractivity contribution in [3.8, 4) is 34.1 Å². The molecule has 7 aromatic rings. The van der Waals surface area contributed by atoms with E-state index in [1.165, 1.54) is 16.7 Å². The van der Waals surface area contributed by atoms with E-state index in [2.05, 4.69) is 97.1 Å². The summed E-state index contributed by atoms with van der Waals surface area (Å²) in [6.07, 6.45) is 0. The first-order valence-corrected chi connectivity index (χ1v) is 17.5. The van der Waals surface area contributed by atoms with Gasteiger partial charge >= 0.3 is 0 Å². The summed E-state index contributed by atoms with van der Waals surface area (Å²) in [6.45, 7) is 0. The summed E-state index contributed by atoms with van der Waals surface area (Å²) in [5.41, 5.74) is 6.41. The molecule has 1 heterocycles. The Morgan fingerprint density at radius 1 is 0.426 bits per heavy atom. The Balaban J connectivity index is 1.26. The van der Waals surface area contributed by atoms with Gasteiger partial charge in [0.2, 0.25) is 0 Å². The topological polar surface area (TPSA) is 35.5 Å². The molecule has 0 unspecified atom stereocenters. The minimum Gasteiger partial charge on any atom is -0.449 e. The van der Waals surface area contributed by atoms with Crippen LogP contribution >= 0.6 is 7.14 Å². The van der Waals surface area contributed by atoms with Crippen molar-refractivity contribution in [1.82, 2.24) is 0 Å². The van der Waals surface area contributed by atoms with E-state index in [4.69, 9.17) is 9.47 Å². The molecule has 9 rings (SSSR count). The fourth-order valence-corrected chi connectivity index (χ4v) is 10.3. The van der Waals surface area contributed by atoms with E-state index in [0.29, 0.717) is 28.3 Å². The highest BCUT2D eigenvalue weighted by Gasteiger charge is 2.47. The lowest BCUT2D eigenvalue weighted by Crippen LogP contribution is -2.28. The second-order valence-corrected chi connectivity index (χ2v) is 14.7. The molecule has 0 radical (unpaired) electrons. The van der Waals surface area contributed by atoms with Gasteiger partial charge in [0, 0.05) is 10.6 Å². The number of hydrogen-bond acceptors (Lipinski definition) is 3. The molecule has 0 bridgehead atoms. The van der Waals surface area contributed by atoms with Gasteiger partial charge in [0.05, 0.1) is 10.7 Å². The smallest absolute Gasteiger partial charge is 0.181 e. The standard InChI is InChI=1S/C43H29O3P/c44-47(32-20-9-3-10-21-32,33-22-11-4-12-23-33)41-27-15-26-38-42(41)46-39-28-35-34-24-13-14-25-36(34)43(30-16-5-1-6-17-30,31-18-7-2-8-19-31)37(35)29-40(39)45-38/h1-29H. The third-order valence-corrected chi connectivity index (χ3v) is 12.6. The van der Waals surface area contributed by atoms with Crippen LogP contribution in [0.25, 0.3) is 11.1 Å². The number of ether oxygens (including phenoxy) is 2. The summed E-state index contributed by atoms with van der Waals surface area (Å²) >= 11 is 0. The van der Waals surface area contributed by atoms with Gasteiger partial charge < -0.3 is 14.0 Å². The molecule has 4 heteroatoms. The maximum Gasteiger partial charge on any atom is 0.181 e. The lowest BCUT2D eigenvalue weighted by atomic mass is 9.67. The quantitative estimate of drug-likeness (QED) is 0.179. The van der Waals surface area contributed by atoms with Crippen LogP contribution in [-0.2, 0) is 9.98 Å². The largest absolute Gasteiger partial charge is 0.449 e. The minimum absolute atomic E-state index is 0.486. The molecule has 2 aliphatic rings. The molecule has 0 fully saturated rings. The van der Waals surface area contributed by atoms with Gasteiger partial charge in [0.1, 0.15) is 0 Å². The van der Waals surface area contributed by atoms with Crippen molar-refractivity contribution >= 4 is 23.1 Å². The molecule has 0 spiro atoms. The van der Waals surface area contributed by atoms with Gasteiger partial charge in [-0.1, -0.05) is 152 Å². The van der Waals surface area contributed by atoms with Gasteiger partial charge in [-0.3, -0.25) is 0 Å². The third kappa shape index (κ3) is 4.03. The lowest BCUT2D eigenvalue weighted by Gasteiger charge is -2.34. The zero-order valence-corrected chi connectivity index (χ0v) is 26.3. The molecule has 1 aliphatic heterocycles. The van der Waals surface area contributed by atoms with Gasteiger partial charge in [-0.15, -0.1) is 0 Å². The van der Waals surface area contributed by atoms with Crippen molar-refractivity contribution in [2.24, 2.45) is 0 Å². The van der Waals surface area contributed by atoms with E-state index >= 15 is 4.57 Å². The van der Waals surface area contributed by atoms with Crippen molar-refractivity contribution in [1.29, 1.82) is 0 Å². The molecule has 0 saturated carbocycles. The summed E-state index contributed by atoms with van der Waals surface area (Å²) in [5, 5.41) is 2.10. The Morgan fingerprint density at radius 3 is 1.57 bits per heavy atom. The van der Waals surface area contributed by atoms with Crippen molar-refractivity contribution < 1.29 is 14.0 Å². The van der Waals surface area contributed by atoms with Crippen LogP contribution in [0.3, 0.4) is 0 Å². The van der Waals surface area contributed by atoms with E-state index < -0.39 is 12.6 Å². The Hall–Kier alpha value is -5.63. The molecule has 1 aliphatic carbocycles. The Bertz CT molecular complexity index is 2230. The Kier molecular flexibility index (Phi) is 6.31. The molecule has 0 N–H and O–H groups in total. The predicted octanol–water partition coefficient (Wildman–Crippen LogP) is 9.59. The van der Waals surface area contributed by atoms with Crippen LogP contribution in [0.4, 0.5) is 0 Å². The van der Waals surface area contributed by atoms with Gasteiger partial charge in [-0.05, 0) is 57.6 Å². The molecule has 0 atom stereocenters. The number of fused-ring (bicyclic) bond motifs is 5.